The number of nitrogens with one attached hydrogen (secondary N) is 1. The lowest BCUT2D eigenvalue weighted by Gasteiger charge is -2.06. The van der Waals surface area contributed by atoms with Crippen LogP contribution in [0, 0.1) is 0 Å². The predicted octanol–water partition coefficient (Wildman–Crippen LogP) is 2.28. The van der Waals surface area contributed by atoms with E-state index in [1.54, 1.807) is 16.8 Å². The molecular formula is C12H8ClN4O2S-. The number of anilines is 1. The van der Waals surface area contributed by atoms with Gasteiger partial charge in [-0.3, -0.25) is 8.78 Å². The molecule has 1 aromatic carbocycles. The molecule has 0 radical (unpaired) electrons. The first kappa shape index (κ1) is 13.0. The van der Waals surface area contributed by atoms with Gasteiger partial charge in [-0.2, -0.15) is 4.98 Å². The van der Waals surface area contributed by atoms with Gasteiger partial charge in [-0.1, -0.05) is 18.2 Å². The van der Waals surface area contributed by atoms with Crippen LogP contribution in [0.5, 0.6) is 0 Å². The third-order valence-electron chi connectivity index (χ3n) is 2.76. The molecule has 3 aromatic rings. The Morgan fingerprint density at radius 1 is 1.30 bits per heavy atom. The molecule has 2 aromatic heterocycles. The van der Waals surface area contributed by atoms with Crippen molar-refractivity contribution in [2.24, 2.45) is 0 Å². The fourth-order valence-corrected chi connectivity index (χ4v) is 2.49. The summed E-state index contributed by atoms with van der Waals surface area (Å²) in [6.45, 7) is 0. The lowest BCUT2D eigenvalue weighted by atomic mass is 10.2. The fraction of sp³-hybridized carbons (Fsp3) is 0. The maximum atomic E-state index is 10.8. The van der Waals surface area contributed by atoms with E-state index < -0.39 is 11.3 Å². The summed E-state index contributed by atoms with van der Waals surface area (Å²) < 4.78 is 25.8. The number of para-hydroxylation sites is 1. The molecule has 0 aliphatic carbocycles. The van der Waals surface area contributed by atoms with Crippen molar-refractivity contribution in [1.82, 2.24) is 14.5 Å². The highest BCUT2D eigenvalue weighted by atomic mass is 35.5. The lowest BCUT2D eigenvalue weighted by Crippen LogP contribution is -2.01. The fourth-order valence-electron chi connectivity index (χ4n) is 2.00. The van der Waals surface area contributed by atoms with Crippen LogP contribution in [-0.2, 0) is 11.3 Å². The smallest absolute Gasteiger partial charge is 0.224 e. The Bertz CT molecular complexity index is 805. The van der Waals surface area contributed by atoms with E-state index >= 15 is 0 Å². The Morgan fingerprint density at radius 3 is 2.85 bits per heavy atom. The summed E-state index contributed by atoms with van der Waals surface area (Å²) in [5.74, 6) is 0.561. The average molecular weight is 308 g/mol. The van der Waals surface area contributed by atoms with Crippen molar-refractivity contribution in [3.8, 4) is 5.82 Å². The largest absolute Gasteiger partial charge is 0.755 e. The van der Waals surface area contributed by atoms with E-state index in [9.17, 15) is 8.76 Å². The van der Waals surface area contributed by atoms with Gasteiger partial charge in [-0.15, -0.1) is 0 Å². The van der Waals surface area contributed by atoms with Gasteiger partial charge < -0.3 is 9.27 Å². The van der Waals surface area contributed by atoms with Crippen molar-refractivity contribution in [2.45, 2.75) is 0 Å². The number of rotatable bonds is 3. The molecule has 8 heteroatoms. The highest BCUT2D eigenvalue weighted by Crippen LogP contribution is 2.28. The van der Waals surface area contributed by atoms with Crippen molar-refractivity contribution in [3.05, 3.63) is 48.0 Å². The van der Waals surface area contributed by atoms with Crippen LogP contribution in [-0.4, -0.2) is 23.3 Å². The van der Waals surface area contributed by atoms with Crippen LogP contribution in [0.15, 0.2) is 42.7 Å². The predicted molar refractivity (Wildman–Crippen MR) is 76.4 cm³/mol. The van der Waals surface area contributed by atoms with Gasteiger partial charge in [0, 0.05) is 29.0 Å². The molecule has 0 saturated carbocycles. The third-order valence-corrected chi connectivity index (χ3v) is 3.33. The highest BCUT2D eigenvalue weighted by Gasteiger charge is 2.10. The van der Waals surface area contributed by atoms with Crippen molar-refractivity contribution in [1.29, 1.82) is 0 Å². The zero-order valence-electron chi connectivity index (χ0n) is 9.99. The molecular weight excluding hydrogens is 300 g/mol. The summed E-state index contributed by atoms with van der Waals surface area (Å²) in [6, 6.07) is 9.07. The summed E-state index contributed by atoms with van der Waals surface area (Å²) in [7, 11) is 0. The molecule has 20 heavy (non-hydrogen) atoms. The first-order valence-corrected chi connectivity index (χ1v) is 7.05. The van der Waals surface area contributed by atoms with Gasteiger partial charge in [0.25, 0.3) is 0 Å². The molecule has 1 atom stereocenters. The van der Waals surface area contributed by atoms with Crippen molar-refractivity contribution in [3.63, 3.8) is 0 Å². The minimum atomic E-state index is -2.39. The molecule has 1 unspecified atom stereocenters. The zero-order valence-corrected chi connectivity index (χ0v) is 11.6. The van der Waals surface area contributed by atoms with Crippen molar-refractivity contribution >= 4 is 39.5 Å². The maximum absolute atomic E-state index is 10.8. The zero-order chi connectivity index (χ0) is 14.1. The number of hydrogen-bond acceptors (Lipinski definition) is 4. The molecule has 3 rings (SSSR count). The second-order valence-corrected chi connectivity index (χ2v) is 4.96. The molecule has 0 aliphatic rings. The molecule has 0 spiro atoms. The van der Waals surface area contributed by atoms with E-state index in [0.29, 0.717) is 11.5 Å². The Labute approximate surface area is 121 Å². The minimum Gasteiger partial charge on any atom is -0.755 e. The van der Waals surface area contributed by atoms with Crippen molar-refractivity contribution in [2.75, 3.05) is 4.72 Å². The number of nitrogens with zero attached hydrogens (tertiary/aromatic N) is 3. The summed E-state index contributed by atoms with van der Waals surface area (Å²) >= 11 is 3.40. The Balaban J connectivity index is 2.23. The summed E-state index contributed by atoms with van der Waals surface area (Å²) in [5, 5.41) is 0.897. The maximum Gasteiger partial charge on any atom is 0.224 e. The van der Waals surface area contributed by atoms with Crippen LogP contribution < -0.4 is 4.72 Å². The minimum absolute atomic E-state index is 0.127. The number of benzene rings is 1. The second-order valence-electron chi connectivity index (χ2n) is 3.95. The van der Waals surface area contributed by atoms with Crippen LogP contribution in [0.3, 0.4) is 0 Å². The monoisotopic (exact) mass is 307 g/mol. The van der Waals surface area contributed by atoms with Gasteiger partial charge in [0.1, 0.15) is 5.82 Å². The SMILES string of the molecule is O=S([O-])Nc1cn(-c2ccnc(Cl)n2)c2ccccc12. The van der Waals surface area contributed by atoms with Gasteiger partial charge in [0.05, 0.1) is 11.2 Å². The Morgan fingerprint density at radius 2 is 2.10 bits per heavy atom. The van der Waals surface area contributed by atoms with Gasteiger partial charge in [-0.25, -0.2) is 4.98 Å². The first-order valence-electron chi connectivity index (χ1n) is 5.60. The normalized spacial score (nSPS) is 12.5. The average Bonchev–Trinajstić information content (AvgIpc) is 2.77. The standard InChI is InChI=1S/C12H9ClN4O2S/c13-12-14-6-5-11(15-12)17-7-9(16-20(18)19)8-3-1-2-4-10(8)17/h1-7,16H,(H,18,19)/p-1. The van der Waals surface area contributed by atoms with E-state index in [0.717, 1.165) is 10.9 Å². The molecule has 0 amide bonds. The molecule has 0 saturated heterocycles. The quantitative estimate of drug-likeness (QED) is 0.594. The molecule has 2 heterocycles. The first-order chi connectivity index (χ1) is 9.65. The number of hydrogen-bond donors (Lipinski definition) is 1. The van der Waals surface area contributed by atoms with Crippen LogP contribution in [0.1, 0.15) is 0 Å². The Hall–Kier alpha value is -1.96. The van der Waals surface area contributed by atoms with Gasteiger partial charge in [-0.05, 0) is 23.7 Å². The van der Waals surface area contributed by atoms with Gasteiger partial charge in [0.15, 0.2) is 0 Å². The molecule has 1 N–H and O–H groups in total. The van der Waals surface area contributed by atoms with Gasteiger partial charge >= 0.3 is 0 Å². The van der Waals surface area contributed by atoms with Crippen LogP contribution in [0.25, 0.3) is 16.7 Å². The van der Waals surface area contributed by atoms with E-state index in [1.807, 2.05) is 24.3 Å². The molecule has 102 valence electrons. The second kappa shape index (κ2) is 5.20. The summed E-state index contributed by atoms with van der Waals surface area (Å²) in [5.41, 5.74) is 1.29. The van der Waals surface area contributed by atoms with Crippen LogP contribution in [0.4, 0.5) is 5.69 Å². The van der Waals surface area contributed by atoms with Crippen molar-refractivity contribution < 1.29 is 8.76 Å². The summed E-state index contributed by atoms with van der Waals surface area (Å²) in [6.07, 6.45) is 3.19. The van der Waals surface area contributed by atoms with E-state index in [2.05, 4.69) is 14.7 Å². The molecule has 0 aliphatic heterocycles. The van der Waals surface area contributed by atoms with E-state index in [4.69, 9.17) is 11.6 Å². The highest BCUT2D eigenvalue weighted by molar-refractivity contribution is 7.80. The topological polar surface area (TPSA) is 82.9 Å². The van der Waals surface area contributed by atoms with E-state index in [-0.39, 0.29) is 5.28 Å². The number of halogens is 1. The Kier molecular flexibility index (Phi) is 3.39. The number of fused-ring (bicyclic) bond motifs is 1. The van der Waals surface area contributed by atoms with Gasteiger partial charge in [0.2, 0.25) is 5.28 Å². The molecule has 0 bridgehead atoms. The van der Waals surface area contributed by atoms with Crippen LogP contribution in [0.2, 0.25) is 5.28 Å². The third kappa shape index (κ3) is 2.38. The molecule has 0 fully saturated rings. The summed E-state index contributed by atoms with van der Waals surface area (Å²) in [4.78, 5) is 7.95. The molecule has 6 nitrogen and oxygen atoms in total. The van der Waals surface area contributed by atoms with E-state index in [1.165, 1.54) is 6.20 Å². The lowest BCUT2D eigenvalue weighted by molar-refractivity contribution is 0.542. The number of aromatic nitrogens is 3. The van der Waals surface area contributed by atoms with Crippen LogP contribution >= 0.6 is 11.6 Å².